The van der Waals surface area contributed by atoms with Crippen LogP contribution in [0.1, 0.15) is 41.3 Å². The molecule has 0 radical (unpaired) electrons. The number of methoxy groups -OCH3 is 1. The van der Waals surface area contributed by atoms with Crippen LogP contribution in [0.25, 0.3) is 0 Å². The number of halogens is 1. The Kier molecular flexibility index (Phi) is 6.19. The molecule has 0 aliphatic carbocycles. The zero-order chi connectivity index (χ0) is 17.9. The van der Waals surface area contributed by atoms with Gasteiger partial charge in [0, 0.05) is 10.6 Å². The molecular weight excluding hydrogens is 342 g/mol. The molecule has 2 aromatic rings. The van der Waals surface area contributed by atoms with E-state index in [0.717, 1.165) is 27.5 Å². The molecule has 1 N–H and O–H groups in total. The average molecular weight is 364 g/mol. The van der Waals surface area contributed by atoms with Crippen molar-refractivity contribution in [3.63, 3.8) is 0 Å². The minimum atomic E-state index is -0.209. The van der Waals surface area contributed by atoms with Gasteiger partial charge in [-0.25, -0.2) is 0 Å². The van der Waals surface area contributed by atoms with Gasteiger partial charge in [0.15, 0.2) is 0 Å². The summed E-state index contributed by atoms with van der Waals surface area (Å²) in [5, 5.41) is 3.42. The number of hydrogen-bond acceptors (Lipinski definition) is 3. The van der Waals surface area contributed by atoms with Crippen LogP contribution in [0, 0.1) is 6.92 Å². The SMILES string of the molecule is COc1cc(C)c(NC(=O)c2cc(SC)ccc2Cl)cc1C(C)C. The average Bonchev–Trinajstić information content (AvgIpc) is 2.56. The normalized spacial score (nSPS) is 10.8. The molecule has 128 valence electrons. The van der Waals surface area contributed by atoms with E-state index >= 15 is 0 Å². The highest BCUT2D eigenvalue weighted by molar-refractivity contribution is 7.98. The van der Waals surface area contributed by atoms with Gasteiger partial charge < -0.3 is 10.1 Å². The number of amides is 1. The minimum Gasteiger partial charge on any atom is -0.496 e. The van der Waals surface area contributed by atoms with E-state index < -0.39 is 0 Å². The van der Waals surface area contributed by atoms with Crippen LogP contribution in [-0.4, -0.2) is 19.3 Å². The smallest absolute Gasteiger partial charge is 0.257 e. The number of rotatable bonds is 5. The van der Waals surface area contributed by atoms with Gasteiger partial charge in [0.2, 0.25) is 0 Å². The molecule has 0 unspecified atom stereocenters. The lowest BCUT2D eigenvalue weighted by atomic mass is 9.99. The summed E-state index contributed by atoms with van der Waals surface area (Å²) >= 11 is 7.77. The highest BCUT2D eigenvalue weighted by Crippen LogP contribution is 2.32. The minimum absolute atomic E-state index is 0.209. The second-order valence-corrected chi connectivity index (χ2v) is 7.15. The van der Waals surface area contributed by atoms with Crippen molar-refractivity contribution in [2.45, 2.75) is 31.6 Å². The molecule has 0 saturated heterocycles. The van der Waals surface area contributed by atoms with Gasteiger partial charge in [0.1, 0.15) is 5.75 Å². The van der Waals surface area contributed by atoms with Gasteiger partial charge in [-0.15, -0.1) is 11.8 Å². The van der Waals surface area contributed by atoms with Crippen molar-refractivity contribution in [2.24, 2.45) is 0 Å². The van der Waals surface area contributed by atoms with E-state index in [9.17, 15) is 4.79 Å². The summed E-state index contributed by atoms with van der Waals surface area (Å²) < 4.78 is 5.44. The maximum Gasteiger partial charge on any atom is 0.257 e. The van der Waals surface area contributed by atoms with Crippen molar-refractivity contribution in [1.29, 1.82) is 0 Å². The van der Waals surface area contributed by atoms with Gasteiger partial charge in [-0.2, -0.15) is 0 Å². The summed E-state index contributed by atoms with van der Waals surface area (Å²) in [6.07, 6.45) is 1.97. The molecule has 0 aromatic heterocycles. The van der Waals surface area contributed by atoms with Crippen LogP contribution in [0.5, 0.6) is 5.75 Å². The second kappa shape index (κ2) is 7.95. The molecule has 0 spiro atoms. The van der Waals surface area contributed by atoms with Crippen molar-refractivity contribution in [3.05, 3.63) is 52.0 Å². The van der Waals surface area contributed by atoms with E-state index in [2.05, 4.69) is 19.2 Å². The molecule has 0 fully saturated rings. The monoisotopic (exact) mass is 363 g/mol. The van der Waals surface area contributed by atoms with Crippen molar-refractivity contribution >= 4 is 35.0 Å². The maximum atomic E-state index is 12.7. The summed E-state index contributed by atoms with van der Waals surface area (Å²) in [4.78, 5) is 13.7. The highest BCUT2D eigenvalue weighted by atomic mass is 35.5. The van der Waals surface area contributed by atoms with Crippen LogP contribution < -0.4 is 10.1 Å². The van der Waals surface area contributed by atoms with Gasteiger partial charge in [-0.05, 0) is 60.6 Å². The summed E-state index contributed by atoms with van der Waals surface area (Å²) in [5.41, 5.74) is 3.25. The molecule has 0 heterocycles. The molecule has 5 heteroatoms. The summed E-state index contributed by atoms with van der Waals surface area (Å²) in [5.74, 6) is 0.918. The van der Waals surface area contributed by atoms with E-state index in [1.165, 1.54) is 0 Å². The fourth-order valence-corrected chi connectivity index (χ4v) is 3.10. The quantitative estimate of drug-likeness (QED) is 0.687. The Morgan fingerprint density at radius 1 is 1.25 bits per heavy atom. The summed E-state index contributed by atoms with van der Waals surface area (Å²) in [6.45, 7) is 6.14. The lowest BCUT2D eigenvalue weighted by Gasteiger charge is -2.17. The van der Waals surface area contributed by atoms with Crippen LogP contribution in [0.2, 0.25) is 5.02 Å². The maximum absolute atomic E-state index is 12.7. The largest absolute Gasteiger partial charge is 0.496 e. The van der Waals surface area contributed by atoms with Crippen molar-refractivity contribution < 1.29 is 9.53 Å². The molecule has 1 amide bonds. The molecule has 0 bridgehead atoms. The molecule has 24 heavy (non-hydrogen) atoms. The van der Waals surface area contributed by atoms with E-state index in [1.54, 1.807) is 24.9 Å². The number of carbonyl (C=O) groups is 1. The summed E-state index contributed by atoms with van der Waals surface area (Å²) in [6, 6.07) is 9.39. The van der Waals surface area contributed by atoms with Crippen molar-refractivity contribution in [2.75, 3.05) is 18.7 Å². The number of carbonyl (C=O) groups excluding carboxylic acids is 1. The Morgan fingerprint density at radius 3 is 2.54 bits per heavy atom. The number of hydrogen-bond donors (Lipinski definition) is 1. The predicted molar refractivity (Wildman–Crippen MR) is 103 cm³/mol. The van der Waals surface area contributed by atoms with E-state index in [1.807, 2.05) is 37.4 Å². The molecule has 2 rings (SSSR count). The van der Waals surface area contributed by atoms with Crippen LogP contribution in [-0.2, 0) is 0 Å². The fraction of sp³-hybridized carbons (Fsp3) is 0.316. The van der Waals surface area contributed by atoms with Gasteiger partial charge >= 0.3 is 0 Å². The van der Waals surface area contributed by atoms with Crippen molar-refractivity contribution in [3.8, 4) is 5.75 Å². The van der Waals surface area contributed by atoms with E-state index in [-0.39, 0.29) is 5.91 Å². The third-order valence-electron chi connectivity index (χ3n) is 3.87. The van der Waals surface area contributed by atoms with Crippen molar-refractivity contribution in [1.82, 2.24) is 0 Å². The van der Waals surface area contributed by atoms with E-state index in [4.69, 9.17) is 16.3 Å². The predicted octanol–water partition coefficient (Wildman–Crippen LogP) is 5.75. The lowest BCUT2D eigenvalue weighted by molar-refractivity contribution is 0.102. The number of aryl methyl sites for hydroxylation is 1. The van der Waals surface area contributed by atoms with E-state index in [0.29, 0.717) is 16.5 Å². The van der Waals surface area contributed by atoms with Crippen LogP contribution in [0.15, 0.2) is 35.2 Å². The van der Waals surface area contributed by atoms with Gasteiger partial charge in [-0.3, -0.25) is 4.79 Å². The Hall–Kier alpha value is -1.65. The molecule has 2 aromatic carbocycles. The zero-order valence-corrected chi connectivity index (χ0v) is 16.1. The van der Waals surface area contributed by atoms with Gasteiger partial charge in [-0.1, -0.05) is 25.4 Å². The van der Waals surface area contributed by atoms with Crippen LogP contribution >= 0.6 is 23.4 Å². The topological polar surface area (TPSA) is 38.3 Å². The lowest BCUT2D eigenvalue weighted by Crippen LogP contribution is -2.14. The first-order valence-electron chi connectivity index (χ1n) is 7.70. The second-order valence-electron chi connectivity index (χ2n) is 5.86. The number of thioether (sulfide) groups is 1. The standard InChI is InChI=1S/C19H22ClNO2S/c1-11(2)14-10-17(12(3)8-18(14)23-4)21-19(22)15-9-13(24-5)6-7-16(15)20/h6-11H,1-5H3,(H,21,22). The number of nitrogens with one attached hydrogen (secondary N) is 1. The molecule has 0 atom stereocenters. The first kappa shape index (κ1) is 18.7. The third-order valence-corrected chi connectivity index (χ3v) is 4.92. The Labute approximate surface area is 152 Å². The molecular formula is C19H22ClNO2S. The van der Waals surface area contributed by atoms with Gasteiger partial charge in [0.25, 0.3) is 5.91 Å². The Morgan fingerprint density at radius 2 is 1.96 bits per heavy atom. The number of benzene rings is 2. The zero-order valence-electron chi connectivity index (χ0n) is 14.6. The molecule has 0 aliphatic heterocycles. The third kappa shape index (κ3) is 4.05. The molecule has 0 aliphatic rings. The Bertz CT molecular complexity index is 759. The number of ether oxygens (including phenoxy) is 1. The van der Waals surface area contributed by atoms with Crippen LogP contribution in [0.3, 0.4) is 0 Å². The van der Waals surface area contributed by atoms with Crippen LogP contribution in [0.4, 0.5) is 5.69 Å². The number of anilines is 1. The summed E-state index contributed by atoms with van der Waals surface area (Å²) in [7, 11) is 1.66. The first-order valence-corrected chi connectivity index (χ1v) is 9.31. The Balaban J connectivity index is 2.37. The molecule has 3 nitrogen and oxygen atoms in total. The van der Waals surface area contributed by atoms with Gasteiger partial charge in [0.05, 0.1) is 17.7 Å². The fourth-order valence-electron chi connectivity index (χ4n) is 2.46. The first-order chi connectivity index (χ1) is 11.4. The highest BCUT2D eigenvalue weighted by Gasteiger charge is 2.16. The molecule has 0 saturated carbocycles.